The number of aromatic nitrogens is 2. The molecule has 0 unspecified atom stereocenters. The van der Waals surface area contributed by atoms with Crippen molar-refractivity contribution >= 4 is 35.2 Å². The number of nitrogens with one attached hydrogen (secondary N) is 1. The third-order valence-corrected chi connectivity index (χ3v) is 4.65. The number of hydrogen-bond donors (Lipinski definition) is 1. The summed E-state index contributed by atoms with van der Waals surface area (Å²) in [4.78, 5) is 3.71. The minimum atomic E-state index is -4.42. The zero-order chi connectivity index (χ0) is 20.5. The first-order valence-electron chi connectivity index (χ1n) is 8.13. The molecule has 3 aromatic rings. The van der Waals surface area contributed by atoms with Gasteiger partial charge < -0.3 is 4.57 Å². The molecule has 0 saturated carbocycles. The maximum atomic E-state index is 12.6. The fourth-order valence-electron chi connectivity index (χ4n) is 2.74. The highest BCUT2D eigenvalue weighted by atomic mass is 35.5. The van der Waals surface area contributed by atoms with Crippen molar-refractivity contribution in [3.8, 4) is 5.69 Å². The Morgan fingerprint density at radius 3 is 2.50 bits per heavy atom. The van der Waals surface area contributed by atoms with Gasteiger partial charge in [-0.2, -0.15) is 18.3 Å². The van der Waals surface area contributed by atoms with Gasteiger partial charge in [0.05, 0.1) is 22.5 Å². The monoisotopic (exact) mass is 426 g/mol. The van der Waals surface area contributed by atoms with Crippen molar-refractivity contribution in [2.24, 2.45) is 5.10 Å². The number of hydrazone groups is 1. The molecular formula is C19H15Cl2F3N4. The first-order valence-corrected chi connectivity index (χ1v) is 8.89. The summed E-state index contributed by atoms with van der Waals surface area (Å²) in [5.41, 5.74) is 5.18. The van der Waals surface area contributed by atoms with E-state index < -0.39 is 11.7 Å². The van der Waals surface area contributed by atoms with Crippen molar-refractivity contribution in [2.45, 2.75) is 20.0 Å². The fourth-order valence-corrected chi connectivity index (χ4v) is 3.11. The second kappa shape index (κ2) is 7.85. The van der Waals surface area contributed by atoms with Crippen LogP contribution in [-0.4, -0.2) is 15.8 Å². The molecule has 3 rings (SSSR count). The van der Waals surface area contributed by atoms with Gasteiger partial charge in [-0.05, 0) is 50.2 Å². The largest absolute Gasteiger partial charge is 0.417 e. The minimum Gasteiger partial charge on any atom is -0.316 e. The number of pyridine rings is 1. The van der Waals surface area contributed by atoms with Gasteiger partial charge in [0.1, 0.15) is 5.82 Å². The van der Waals surface area contributed by atoms with Crippen LogP contribution in [0.5, 0.6) is 0 Å². The SMILES string of the molecule is Cc1cc(/C=N\Nc2ccc(C(F)(F)F)cn2)c(C)n1-c1cc(Cl)ccc1Cl. The Bertz CT molecular complexity index is 1020. The molecule has 2 heterocycles. The van der Waals surface area contributed by atoms with Crippen molar-refractivity contribution in [2.75, 3.05) is 5.43 Å². The summed E-state index contributed by atoms with van der Waals surface area (Å²) in [6.07, 6.45) is -2.10. The lowest BCUT2D eigenvalue weighted by atomic mass is 10.2. The fraction of sp³-hybridized carbons (Fsp3) is 0.158. The second-order valence-electron chi connectivity index (χ2n) is 6.06. The van der Waals surface area contributed by atoms with Crippen LogP contribution in [-0.2, 0) is 6.18 Å². The number of nitrogens with zero attached hydrogens (tertiary/aromatic N) is 3. The molecule has 9 heteroatoms. The number of hydrogen-bond acceptors (Lipinski definition) is 3. The predicted molar refractivity (Wildman–Crippen MR) is 106 cm³/mol. The lowest BCUT2D eigenvalue weighted by Gasteiger charge is -2.12. The van der Waals surface area contributed by atoms with E-state index in [1.807, 2.05) is 24.5 Å². The van der Waals surface area contributed by atoms with Crippen LogP contribution in [0.25, 0.3) is 5.69 Å². The number of anilines is 1. The van der Waals surface area contributed by atoms with E-state index in [1.54, 1.807) is 24.4 Å². The summed E-state index contributed by atoms with van der Waals surface area (Å²) in [5, 5.41) is 5.19. The second-order valence-corrected chi connectivity index (χ2v) is 6.90. The quantitative estimate of drug-likeness (QED) is 0.395. The summed E-state index contributed by atoms with van der Waals surface area (Å²) in [5.74, 6) is 0.205. The summed E-state index contributed by atoms with van der Waals surface area (Å²) in [6.45, 7) is 3.83. The molecule has 0 spiro atoms. The Morgan fingerprint density at radius 2 is 1.86 bits per heavy atom. The lowest BCUT2D eigenvalue weighted by Crippen LogP contribution is -2.05. The average molecular weight is 427 g/mol. The Kier molecular flexibility index (Phi) is 5.67. The maximum absolute atomic E-state index is 12.6. The molecule has 28 heavy (non-hydrogen) atoms. The van der Waals surface area contributed by atoms with Gasteiger partial charge in [0.25, 0.3) is 0 Å². The Labute approximate surface area is 169 Å². The molecule has 1 N–H and O–H groups in total. The van der Waals surface area contributed by atoms with E-state index in [9.17, 15) is 13.2 Å². The van der Waals surface area contributed by atoms with Crippen molar-refractivity contribution in [1.82, 2.24) is 9.55 Å². The third-order valence-electron chi connectivity index (χ3n) is 4.09. The van der Waals surface area contributed by atoms with E-state index in [4.69, 9.17) is 23.2 Å². The normalized spacial score (nSPS) is 12.0. The molecule has 1 aromatic carbocycles. The van der Waals surface area contributed by atoms with Gasteiger partial charge in [0.15, 0.2) is 0 Å². The topological polar surface area (TPSA) is 42.2 Å². The number of benzene rings is 1. The van der Waals surface area contributed by atoms with Gasteiger partial charge in [0, 0.05) is 28.2 Å². The van der Waals surface area contributed by atoms with E-state index in [1.165, 1.54) is 6.07 Å². The number of rotatable bonds is 4. The summed E-state index contributed by atoms with van der Waals surface area (Å²) < 4.78 is 39.6. The van der Waals surface area contributed by atoms with Crippen molar-refractivity contribution in [1.29, 1.82) is 0 Å². The van der Waals surface area contributed by atoms with Crippen LogP contribution < -0.4 is 5.43 Å². The molecule has 0 aliphatic heterocycles. The third kappa shape index (κ3) is 4.31. The highest BCUT2D eigenvalue weighted by Crippen LogP contribution is 2.29. The van der Waals surface area contributed by atoms with Gasteiger partial charge in [-0.25, -0.2) is 4.98 Å². The molecule has 0 saturated heterocycles. The van der Waals surface area contributed by atoms with Crippen LogP contribution in [0.4, 0.5) is 19.0 Å². The van der Waals surface area contributed by atoms with E-state index in [2.05, 4.69) is 15.5 Å². The van der Waals surface area contributed by atoms with E-state index in [-0.39, 0.29) is 5.82 Å². The van der Waals surface area contributed by atoms with Crippen LogP contribution in [0.1, 0.15) is 22.5 Å². The van der Waals surface area contributed by atoms with Gasteiger partial charge in [-0.3, -0.25) is 5.43 Å². The van der Waals surface area contributed by atoms with E-state index in [0.29, 0.717) is 10.0 Å². The van der Waals surface area contributed by atoms with Crippen molar-refractivity contribution in [3.63, 3.8) is 0 Å². The van der Waals surface area contributed by atoms with Crippen LogP contribution in [0.15, 0.2) is 47.7 Å². The molecule has 0 aliphatic rings. The highest BCUT2D eigenvalue weighted by Gasteiger charge is 2.30. The average Bonchev–Trinajstić information content (AvgIpc) is 2.90. The van der Waals surface area contributed by atoms with Gasteiger partial charge in [-0.15, -0.1) is 0 Å². The molecule has 146 valence electrons. The van der Waals surface area contributed by atoms with E-state index >= 15 is 0 Å². The molecule has 0 atom stereocenters. The Balaban J connectivity index is 1.81. The summed E-state index contributed by atoms with van der Waals surface area (Å²) in [7, 11) is 0. The molecular weight excluding hydrogens is 412 g/mol. The Hall–Kier alpha value is -2.51. The zero-order valence-corrected chi connectivity index (χ0v) is 16.4. The van der Waals surface area contributed by atoms with Crippen LogP contribution in [0, 0.1) is 13.8 Å². The maximum Gasteiger partial charge on any atom is 0.417 e. The molecule has 0 aliphatic carbocycles. The first-order chi connectivity index (χ1) is 13.2. The van der Waals surface area contributed by atoms with Crippen LogP contribution in [0.3, 0.4) is 0 Å². The van der Waals surface area contributed by atoms with Gasteiger partial charge in [0.2, 0.25) is 0 Å². The molecule has 0 amide bonds. The molecule has 4 nitrogen and oxygen atoms in total. The molecule has 0 radical (unpaired) electrons. The van der Waals surface area contributed by atoms with Crippen LogP contribution in [0.2, 0.25) is 10.0 Å². The van der Waals surface area contributed by atoms with Gasteiger partial charge >= 0.3 is 6.18 Å². The van der Waals surface area contributed by atoms with Crippen molar-refractivity contribution < 1.29 is 13.2 Å². The molecule has 2 aromatic heterocycles. The number of halogens is 5. The molecule has 0 fully saturated rings. The summed E-state index contributed by atoms with van der Waals surface area (Å²) >= 11 is 12.4. The van der Waals surface area contributed by atoms with Crippen LogP contribution >= 0.6 is 23.2 Å². The standard InChI is InChI=1S/C19H15Cl2F3N4/c1-11-7-13(12(2)28(11)17-8-15(20)4-5-16(17)21)9-26-27-18-6-3-14(10-25-18)19(22,23)24/h3-10H,1-2H3,(H,25,27)/b26-9-. The van der Waals surface area contributed by atoms with E-state index in [0.717, 1.165) is 34.9 Å². The molecule has 0 bridgehead atoms. The first kappa shape index (κ1) is 20.2. The number of alkyl halides is 3. The lowest BCUT2D eigenvalue weighted by molar-refractivity contribution is -0.137. The van der Waals surface area contributed by atoms with Gasteiger partial charge in [-0.1, -0.05) is 23.2 Å². The zero-order valence-electron chi connectivity index (χ0n) is 14.9. The Morgan fingerprint density at radius 1 is 1.11 bits per heavy atom. The van der Waals surface area contributed by atoms with Crippen molar-refractivity contribution in [3.05, 3.63) is 75.2 Å². The predicted octanol–water partition coefficient (Wildman–Crippen LogP) is 6.26. The summed E-state index contributed by atoms with van der Waals surface area (Å²) in [6, 6.07) is 9.29. The smallest absolute Gasteiger partial charge is 0.316 e. The number of aryl methyl sites for hydroxylation is 1. The highest BCUT2D eigenvalue weighted by molar-refractivity contribution is 6.34. The minimum absolute atomic E-state index is 0.205.